The molecule has 0 bridgehead atoms. The zero-order valence-electron chi connectivity index (χ0n) is 15.8. The molecule has 140 valence electrons. The van der Waals surface area contributed by atoms with Crippen LogP contribution in [0.4, 0.5) is 5.69 Å². The predicted octanol–water partition coefficient (Wildman–Crippen LogP) is 3.27. The number of ether oxygens (including phenoxy) is 1. The lowest BCUT2D eigenvalue weighted by Crippen LogP contribution is -2.34. The second-order valence-electron chi connectivity index (χ2n) is 7.70. The van der Waals surface area contributed by atoms with Gasteiger partial charge in [0.05, 0.1) is 7.11 Å². The zero-order valence-corrected chi connectivity index (χ0v) is 15.8. The second kappa shape index (κ2) is 6.72. The number of amides is 2. The maximum absolute atomic E-state index is 12.9. The molecule has 1 spiro atoms. The average Bonchev–Trinajstić information content (AvgIpc) is 3.24. The number of benzene rings is 2. The van der Waals surface area contributed by atoms with Crippen LogP contribution < -0.4 is 9.64 Å². The van der Waals surface area contributed by atoms with Crippen LogP contribution in [-0.2, 0) is 4.79 Å². The number of anilines is 1. The van der Waals surface area contributed by atoms with E-state index in [1.165, 1.54) is 0 Å². The molecule has 0 aliphatic carbocycles. The molecule has 0 N–H and O–H groups in total. The summed E-state index contributed by atoms with van der Waals surface area (Å²) in [5.74, 6) is 0.912. The highest BCUT2D eigenvalue weighted by Gasteiger charge is 2.48. The van der Waals surface area contributed by atoms with E-state index in [0.29, 0.717) is 31.6 Å². The standard InChI is InChI=1S/C22H24N2O3/c1-16-4-3-5-18(12-16)24-15-22(13-20(24)25)10-11-23(14-22)21(26)17-6-8-19(27-2)9-7-17/h3-9,12H,10-11,13-15H2,1-2H3/t22-/m0/s1. The Morgan fingerprint density at radius 2 is 1.89 bits per heavy atom. The molecular weight excluding hydrogens is 340 g/mol. The highest BCUT2D eigenvalue weighted by atomic mass is 16.5. The molecule has 2 aromatic rings. The predicted molar refractivity (Wildman–Crippen MR) is 104 cm³/mol. The molecule has 2 saturated heterocycles. The van der Waals surface area contributed by atoms with E-state index in [9.17, 15) is 9.59 Å². The van der Waals surface area contributed by atoms with E-state index in [-0.39, 0.29) is 17.2 Å². The lowest BCUT2D eigenvalue weighted by Gasteiger charge is -2.24. The lowest BCUT2D eigenvalue weighted by atomic mass is 9.86. The smallest absolute Gasteiger partial charge is 0.253 e. The van der Waals surface area contributed by atoms with Gasteiger partial charge in [0, 0.05) is 42.7 Å². The number of methoxy groups -OCH3 is 1. The summed E-state index contributed by atoms with van der Waals surface area (Å²) < 4.78 is 5.16. The van der Waals surface area contributed by atoms with Crippen molar-refractivity contribution >= 4 is 17.5 Å². The van der Waals surface area contributed by atoms with Gasteiger partial charge in [0.1, 0.15) is 5.75 Å². The van der Waals surface area contributed by atoms with Crippen LogP contribution in [0.5, 0.6) is 5.75 Å². The first-order chi connectivity index (χ1) is 13.0. The minimum absolute atomic E-state index is 0.0241. The van der Waals surface area contributed by atoms with Gasteiger partial charge < -0.3 is 14.5 Å². The largest absolute Gasteiger partial charge is 0.497 e. The molecule has 0 aromatic heterocycles. The topological polar surface area (TPSA) is 49.9 Å². The fourth-order valence-corrected chi connectivity index (χ4v) is 4.22. The third-order valence-electron chi connectivity index (χ3n) is 5.70. The summed E-state index contributed by atoms with van der Waals surface area (Å²) in [5.41, 5.74) is 2.62. The summed E-state index contributed by atoms with van der Waals surface area (Å²) >= 11 is 0. The van der Waals surface area contributed by atoms with Gasteiger partial charge in [0.2, 0.25) is 5.91 Å². The number of aryl methyl sites for hydroxylation is 1. The molecule has 1 atom stereocenters. The number of carbonyl (C=O) groups is 2. The van der Waals surface area contributed by atoms with Crippen molar-refractivity contribution in [1.29, 1.82) is 0 Å². The van der Waals surface area contributed by atoms with Gasteiger partial charge in [-0.1, -0.05) is 12.1 Å². The van der Waals surface area contributed by atoms with Crippen LogP contribution >= 0.6 is 0 Å². The van der Waals surface area contributed by atoms with Crippen LogP contribution in [0.2, 0.25) is 0 Å². The Hall–Kier alpha value is -2.82. The molecule has 5 heteroatoms. The third kappa shape index (κ3) is 3.29. The highest BCUT2D eigenvalue weighted by molar-refractivity contribution is 5.97. The first-order valence-electron chi connectivity index (χ1n) is 9.30. The SMILES string of the molecule is COc1ccc(C(=O)N2CC[C@]3(CC(=O)N(c4cccc(C)c4)C3)C2)cc1. The quantitative estimate of drug-likeness (QED) is 0.840. The molecule has 2 heterocycles. The summed E-state index contributed by atoms with van der Waals surface area (Å²) in [6.07, 6.45) is 1.37. The zero-order chi connectivity index (χ0) is 19.0. The van der Waals surface area contributed by atoms with Gasteiger partial charge in [0.15, 0.2) is 0 Å². The van der Waals surface area contributed by atoms with Crippen molar-refractivity contribution in [2.24, 2.45) is 5.41 Å². The normalized spacial score (nSPS) is 21.9. The highest BCUT2D eigenvalue weighted by Crippen LogP contribution is 2.42. The average molecular weight is 364 g/mol. The summed E-state index contributed by atoms with van der Waals surface area (Å²) in [6.45, 7) is 4.04. The van der Waals surface area contributed by atoms with E-state index >= 15 is 0 Å². The first kappa shape index (κ1) is 17.6. The molecule has 0 unspecified atom stereocenters. The fraction of sp³-hybridized carbons (Fsp3) is 0.364. The van der Waals surface area contributed by atoms with Crippen molar-refractivity contribution in [3.05, 3.63) is 59.7 Å². The van der Waals surface area contributed by atoms with E-state index in [0.717, 1.165) is 23.4 Å². The van der Waals surface area contributed by atoms with Crippen molar-refractivity contribution < 1.29 is 14.3 Å². The Kier molecular flexibility index (Phi) is 4.38. The molecule has 2 amide bonds. The molecule has 5 nitrogen and oxygen atoms in total. The summed E-state index contributed by atoms with van der Waals surface area (Å²) in [4.78, 5) is 29.3. The summed E-state index contributed by atoms with van der Waals surface area (Å²) in [7, 11) is 1.61. The number of likely N-dealkylation sites (tertiary alicyclic amines) is 1. The molecular formula is C22H24N2O3. The van der Waals surface area contributed by atoms with Gasteiger partial charge >= 0.3 is 0 Å². The Bertz CT molecular complexity index is 877. The number of hydrogen-bond acceptors (Lipinski definition) is 3. The minimum Gasteiger partial charge on any atom is -0.497 e. The van der Waals surface area contributed by atoms with E-state index in [4.69, 9.17) is 4.74 Å². The van der Waals surface area contributed by atoms with Gasteiger partial charge in [-0.3, -0.25) is 9.59 Å². The Labute approximate surface area is 159 Å². The van der Waals surface area contributed by atoms with Crippen molar-refractivity contribution in [1.82, 2.24) is 4.90 Å². The fourth-order valence-electron chi connectivity index (χ4n) is 4.22. The van der Waals surface area contributed by atoms with E-state index in [1.54, 1.807) is 31.4 Å². The van der Waals surface area contributed by atoms with Crippen LogP contribution in [0.25, 0.3) is 0 Å². The summed E-state index contributed by atoms with van der Waals surface area (Å²) in [6, 6.07) is 15.2. The van der Waals surface area contributed by atoms with Crippen LogP contribution in [-0.4, -0.2) is 43.5 Å². The van der Waals surface area contributed by atoms with E-state index in [1.807, 2.05) is 41.0 Å². The van der Waals surface area contributed by atoms with Crippen LogP contribution in [0.15, 0.2) is 48.5 Å². The molecule has 0 radical (unpaired) electrons. The number of carbonyl (C=O) groups excluding carboxylic acids is 2. The molecule has 2 aromatic carbocycles. The van der Waals surface area contributed by atoms with Crippen LogP contribution in [0.3, 0.4) is 0 Å². The Balaban J connectivity index is 1.48. The molecule has 27 heavy (non-hydrogen) atoms. The van der Waals surface area contributed by atoms with Gasteiger partial charge in [-0.05, 0) is 55.3 Å². The molecule has 2 aliphatic heterocycles. The molecule has 4 rings (SSSR count). The third-order valence-corrected chi connectivity index (χ3v) is 5.70. The van der Waals surface area contributed by atoms with Crippen LogP contribution in [0.1, 0.15) is 28.8 Å². The van der Waals surface area contributed by atoms with Crippen molar-refractivity contribution in [3.63, 3.8) is 0 Å². The van der Waals surface area contributed by atoms with Gasteiger partial charge in [-0.2, -0.15) is 0 Å². The van der Waals surface area contributed by atoms with Gasteiger partial charge in [-0.25, -0.2) is 0 Å². The molecule has 2 aliphatic rings. The minimum atomic E-state index is -0.136. The van der Waals surface area contributed by atoms with Crippen molar-refractivity contribution in [2.75, 3.05) is 31.6 Å². The van der Waals surface area contributed by atoms with Crippen LogP contribution in [0, 0.1) is 12.3 Å². The Morgan fingerprint density at radius 3 is 2.59 bits per heavy atom. The number of hydrogen-bond donors (Lipinski definition) is 0. The van der Waals surface area contributed by atoms with E-state index in [2.05, 4.69) is 0 Å². The Morgan fingerprint density at radius 1 is 1.11 bits per heavy atom. The van der Waals surface area contributed by atoms with Crippen molar-refractivity contribution in [2.45, 2.75) is 19.8 Å². The second-order valence-corrected chi connectivity index (χ2v) is 7.70. The van der Waals surface area contributed by atoms with E-state index < -0.39 is 0 Å². The van der Waals surface area contributed by atoms with Crippen molar-refractivity contribution in [3.8, 4) is 5.75 Å². The van der Waals surface area contributed by atoms with Gasteiger partial charge in [0.25, 0.3) is 5.91 Å². The molecule has 0 saturated carbocycles. The first-order valence-corrected chi connectivity index (χ1v) is 9.30. The number of rotatable bonds is 3. The maximum Gasteiger partial charge on any atom is 0.253 e. The summed E-state index contributed by atoms with van der Waals surface area (Å²) in [5, 5.41) is 0. The maximum atomic E-state index is 12.9. The number of nitrogens with zero attached hydrogens (tertiary/aromatic N) is 2. The van der Waals surface area contributed by atoms with Gasteiger partial charge in [-0.15, -0.1) is 0 Å². The monoisotopic (exact) mass is 364 g/mol. The lowest BCUT2D eigenvalue weighted by molar-refractivity contribution is -0.117. The molecule has 2 fully saturated rings.